The normalized spacial score (nSPS) is 13.9. The molecule has 10 heteroatoms. The molecule has 0 aliphatic carbocycles. The van der Waals surface area contributed by atoms with Gasteiger partial charge in [-0.1, -0.05) is 226 Å². The van der Waals surface area contributed by atoms with E-state index in [-0.39, 0.29) is 32.6 Å². The zero-order chi connectivity index (χ0) is 51.7. The van der Waals surface area contributed by atoms with E-state index in [9.17, 15) is 19.0 Å². The van der Waals surface area contributed by atoms with Gasteiger partial charge in [0.25, 0.3) is 0 Å². The van der Waals surface area contributed by atoms with E-state index in [0.717, 1.165) is 83.5 Å². The van der Waals surface area contributed by atoms with E-state index in [1.54, 1.807) is 0 Å². The lowest BCUT2D eigenvalue weighted by atomic mass is 10.0. The van der Waals surface area contributed by atoms with E-state index >= 15 is 0 Å². The molecule has 9 nitrogen and oxygen atoms in total. The van der Waals surface area contributed by atoms with Gasteiger partial charge in [0, 0.05) is 19.4 Å². The molecule has 3 N–H and O–H groups in total. The highest BCUT2D eigenvalue weighted by Crippen LogP contribution is 2.43. The van der Waals surface area contributed by atoms with Crippen molar-refractivity contribution < 1.29 is 37.6 Å². The van der Waals surface area contributed by atoms with Crippen LogP contribution in [0.25, 0.3) is 0 Å². The minimum Gasteiger partial charge on any atom is -0.462 e. The smallest absolute Gasteiger partial charge is 0.462 e. The van der Waals surface area contributed by atoms with E-state index in [1.165, 1.54) is 116 Å². The van der Waals surface area contributed by atoms with Crippen LogP contribution in [0, 0.1) is 0 Å². The van der Waals surface area contributed by atoms with Crippen molar-refractivity contribution in [2.75, 3.05) is 26.4 Å². The molecule has 0 saturated carbocycles. The lowest BCUT2D eigenvalue weighted by Crippen LogP contribution is -2.29. The number of esters is 2. The Bertz CT molecular complexity index is 1530. The highest BCUT2D eigenvalue weighted by molar-refractivity contribution is 7.47. The second-order valence-corrected chi connectivity index (χ2v) is 19.9. The first-order chi connectivity index (χ1) is 34.8. The molecular weight excluding hydrogens is 906 g/mol. The topological polar surface area (TPSA) is 134 Å². The summed E-state index contributed by atoms with van der Waals surface area (Å²) in [6, 6.07) is 0. The average molecular weight is 1010 g/mol. The predicted octanol–water partition coefficient (Wildman–Crippen LogP) is 17.8. The van der Waals surface area contributed by atoms with Crippen molar-refractivity contribution in [3.8, 4) is 0 Å². The third-order valence-electron chi connectivity index (χ3n) is 11.6. The van der Waals surface area contributed by atoms with E-state index in [1.807, 2.05) is 0 Å². The molecule has 2 atom stereocenters. The highest BCUT2D eigenvalue weighted by Gasteiger charge is 2.26. The standard InChI is InChI=1S/C61H104NO8P/c1-3-5-7-9-11-13-15-17-19-21-23-25-26-27-28-29-30-31-32-34-35-37-39-41-43-45-47-49-51-53-60(63)67-57-59(58-69-71(65,66)68-56-55-62)70-61(64)54-52-50-48-46-44-42-40-38-36-33-24-22-20-18-16-14-12-10-8-6-4-2/h6,8,12,14-15,17-18,20-21,23-24,26-27,33,38,40,44,46,59H,3-5,7,9-11,13,16,19,22,25,28-32,34-37,39,41-43,45,47-58,62H2,1-2H3,(H,65,66)/b8-6-,14-12-,17-15-,20-18-,23-21-,27-26-,33-24-,40-38-,46-44-. The van der Waals surface area contributed by atoms with Crippen LogP contribution in [0.2, 0.25) is 0 Å². The zero-order valence-corrected chi connectivity index (χ0v) is 46.1. The van der Waals surface area contributed by atoms with Gasteiger partial charge >= 0.3 is 19.8 Å². The van der Waals surface area contributed by atoms with Crippen molar-refractivity contribution in [2.24, 2.45) is 5.73 Å². The molecule has 0 fully saturated rings. The van der Waals surface area contributed by atoms with Gasteiger partial charge in [-0.15, -0.1) is 0 Å². The van der Waals surface area contributed by atoms with Crippen LogP contribution in [-0.4, -0.2) is 49.3 Å². The Morgan fingerprint density at radius 3 is 1.18 bits per heavy atom. The van der Waals surface area contributed by atoms with Crippen LogP contribution >= 0.6 is 7.82 Å². The molecule has 0 heterocycles. The van der Waals surface area contributed by atoms with Gasteiger partial charge in [-0.25, -0.2) is 4.57 Å². The Kier molecular flexibility index (Phi) is 53.3. The number of carbonyl (C=O) groups excluding carboxylic acids is 2. The lowest BCUT2D eigenvalue weighted by Gasteiger charge is -2.19. The summed E-state index contributed by atoms with van der Waals surface area (Å²) in [5, 5.41) is 0. The molecule has 0 aromatic carbocycles. The van der Waals surface area contributed by atoms with Crippen LogP contribution in [0.15, 0.2) is 109 Å². The van der Waals surface area contributed by atoms with Gasteiger partial charge in [0.15, 0.2) is 6.10 Å². The number of nitrogens with two attached hydrogens (primary N) is 1. The van der Waals surface area contributed by atoms with Gasteiger partial charge in [-0.2, -0.15) is 0 Å². The summed E-state index contributed by atoms with van der Waals surface area (Å²) in [6.45, 7) is 3.56. The maximum Gasteiger partial charge on any atom is 0.472 e. The SMILES string of the molecule is CC/C=C\C/C=C\C/C=C\C/C=C\C/C=C\C/C=C\CCCCC(=O)OC(COC(=O)CCCCCCCCCCCCCCCC/C=C\C/C=C\C/C=C\CCCCCCC)COP(=O)(O)OCCN. The van der Waals surface area contributed by atoms with Crippen LogP contribution in [0.3, 0.4) is 0 Å². The minimum absolute atomic E-state index is 0.0406. The molecule has 0 amide bonds. The Labute approximate surface area is 435 Å². The first-order valence-corrected chi connectivity index (χ1v) is 29.9. The first kappa shape index (κ1) is 67.7. The molecular formula is C61H104NO8P. The molecule has 0 aromatic heterocycles. The third-order valence-corrected chi connectivity index (χ3v) is 12.6. The van der Waals surface area contributed by atoms with Crippen LogP contribution in [-0.2, 0) is 32.7 Å². The number of carbonyl (C=O) groups is 2. The third kappa shape index (κ3) is 55.8. The second-order valence-electron chi connectivity index (χ2n) is 18.4. The maximum absolute atomic E-state index is 12.7. The number of unbranched alkanes of at least 4 members (excludes halogenated alkanes) is 21. The summed E-state index contributed by atoms with van der Waals surface area (Å²) in [6.07, 6.45) is 75.7. The molecule has 0 rings (SSSR count). The van der Waals surface area contributed by atoms with Crippen molar-refractivity contribution >= 4 is 19.8 Å². The Morgan fingerprint density at radius 1 is 0.437 bits per heavy atom. The van der Waals surface area contributed by atoms with E-state index in [2.05, 4.69) is 123 Å². The minimum atomic E-state index is -4.41. The van der Waals surface area contributed by atoms with Gasteiger partial charge in [0.05, 0.1) is 13.2 Å². The summed E-state index contributed by atoms with van der Waals surface area (Å²) in [4.78, 5) is 35.1. The fourth-order valence-electron chi connectivity index (χ4n) is 7.47. The molecule has 2 unspecified atom stereocenters. The molecule has 0 aliphatic rings. The summed E-state index contributed by atoms with van der Waals surface area (Å²) in [7, 11) is -4.41. The van der Waals surface area contributed by atoms with E-state index in [0.29, 0.717) is 6.42 Å². The molecule has 0 radical (unpaired) electrons. The van der Waals surface area contributed by atoms with E-state index in [4.69, 9.17) is 24.3 Å². The molecule has 0 spiro atoms. The van der Waals surface area contributed by atoms with Gasteiger partial charge < -0.3 is 20.1 Å². The summed E-state index contributed by atoms with van der Waals surface area (Å²) in [5.41, 5.74) is 5.37. The van der Waals surface area contributed by atoms with Crippen molar-refractivity contribution in [1.29, 1.82) is 0 Å². The quantitative estimate of drug-likeness (QED) is 0.0264. The van der Waals surface area contributed by atoms with Crippen LogP contribution < -0.4 is 5.73 Å². The fourth-order valence-corrected chi connectivity index (χ4v) is 8.23. The molecule has 0 aliphatic heterocycles. The molecule has 0 bridgehead atoms. The van der Waals surface area contributed by atoms with Gasteiger partial charge in [0.1, 0.15) is 6.61 Å². The van der Waals surface area contributed by atoms with Gasteiger partial charge in [-0.3, -0.25) is 18.6 Å². The monoisotopic (exact) mass is 1010 g/mol. The van der Waals surface area contributed by atoms with Crippen molar-refractivity contribution in [1.82, 2.24) is 0 Å². The predicted molar refractivity (Wildman–Crippen MR) is 302 cm³/mol. The Balaban J connectivity index is 4.05. The van der Waals surface area contributed by atoms with Crippen LogP contribution in [0.4, 0.5) is 0 Å². The van der Waals surface area contributed by atoms with E-state index < -0.39 is 32.5 Å². The Morgan fingerprint density at radius 2 is 0.775 bits per heavy atom. The zero-order valence-electron chi connectivity index (χ0n) is 45.2. The molecule has 71 heavy (non-hydrogen) atoms. The first-order valence-electron chi connectivity index (χ1n) is 28.4. The maximum atomic E-state index is 12.7. The number of hydrogen-bond donors (Lipinski definition) is 2. The average Bonchev–Trinajstić information content (AvgIpc) is 3.36. The Hall–Kier alpha value is -3.33. The number of allylic oxidation sites excluding steroid dienone is 18. The van der Waals surface area contributed by atoms with Crippen molar-refractivity contribution in [2.45, 2.75) is 238 Å². The van der Waals surface area contributed by atoms with Crippen molar-refractivity contribution in [3.63, 3.8) is 0 Å². The lowest BCUT2D eigenvalue weighted by molar-refractivity contribution is -0.161. The van der Waals surface area contributed by atoms with Crippen LogP contribution in [0.5, 0.6) is 0 Å². The van der Waals surface area contributed by atoms with Gasteiger partial charge in [-0.05, 0) is 103 Å². The second kappa shape index (κ2) is 56.0. The van der Waals surface area contributed by atoms with Crippen molar-refractivity contribution in [3.05, 3.63) is 109 Å². The largest absolute Gasteiger partial charge is 0.472 e. The van der Waals surface area contributed by atoms with Gasteiger partial charge in [0.2, 0.25) is 0 Å². The number of ether oxygens (including phenoxy) is 2. The fraction of sp³-hybridized carbons (Fsp3) is 0.672. The summed E-state index contributed by atoms with van der Waals surface area (Å²) in [5.74, 6) is -0.883. The number of phosphoric ester groups is 1. The highest BCUT2D eigenvalue weighted by atomic mass is 31.2. The summed E-state index contributed by atoms with van der Waals surface area (Å²) >= 11 is 0. The summed E-state index contributed by atoms with van der Waals surface area (Å²) < 4.78 is 33.0. The molecule has 406 valence electrons. The number of rotatable bonds is 52. The molecule has 0 aromatic rings. The molecule has 0 saturated heterocycles. The number of hydrogen-bond acceptors (Lipinski definition) is 8. The number of phosphoric acid groups is 1. The van der Waals surface area contributed by atoms with Crippen LogP contribution in [0.1, 0.15) is 232 Å².